The Morgan fingerprint density at radius 1 is 0.550 bits per heavy atom. The molecule has 0 aromatic carbocycles. The van der Waals surface area contributed by atoms with Gasteiger partial charge >= 0.3 is 15.6 Å². The minimum absolute atomic E-state index is 0.0734. The van der Waals surface area contributed by atoms with Gasteiger partial charge in [-0.3, -0.25) is 9.05 Å². The van der Waals surface area contributed by atoms with E-state index in [1.807, 2.05) is 0 Å². The van der Waals surface area contributed by atoms with Crippen molar-refractivity contribution in [3.05, 3.63) is 0 Å². The molecule has 0 aromatic rings. The van der Waals surface area contributed by atoms with Crippen molar-refractivity contribution in [1.82, 2.24) is 0 Å². The summed E-state index contributed by atoms with van der Waals surface area (Å²) in [5.41, 5.74) is 0. The Balaban J connectivity index is 3.14. The van der Waals surface area contributed by atoms with Gasteiger partial charge in [0.1, 0.15) is 0 Å². The first-order valence-electron chi connectivity index (χ1n) is 6.61. The van der Waals surface area contributed by atoms with Crippen LogP contribution >= 0.6 is 15.6 Å². The van der Waals surface area contributed by atoms with Crippen molar-refractivity contribution in [1.29, 1.82) is 0 Å². The van der Waals surface area contributed by atoms with Crippen LogP contribution in [0.1, 0.15) is 51.4 Å². The molecule has 20 heavy (non-hydrogen) atoms. The molecule has 0 aromatic heterocycles. The molecule has 0 amide bonds. The van der Waals surface area contributed by atoms with E-state index in [2.05, 4.69) is 9.05 Å². The van der Waals surface area contributed by atoms with Crippen LogP contribution in [-0.4, -0.2) is 32.8 Å². The summed E-state index contributed by atoms with van der Waals surface area (Å²) in [7, 11) is -8.64. The number of phosphoric ester groups is 2. The van der Waals surface area contributed by atoms with Gasteiger partial charge in [-0.1, -0.05) is 38.5 Å². The largest absolute Gasteiger partial charge is 0.469 e. The maximum absolute atomic E-state index is 10.4. The number of hydrogen-bond acceptors (Lipinski definition) is 4. The second-order valence-electron chi connectivity index (χ2n) is 4.48. The Bertz CT molecular complexity index is 291. The lowest BCUT2D eigenvalue weighted by Crippen LogP contribution is -1.93. The first-order valence-corrected chi connectivity index (χ1v) is 9.67. The minimum atomic E-state index is -4.32. The molecule has 0 aliphatic carbocycles. The zero-order valence-electron chi connectivity index (χ0n) is 11.4. The van der Waals surface area contributed by atoms with Gasteiger partial charge in [-0.15, -0.1) is 0 Å². The zero-order valence-corrected chi connectivity index (χ0v) is 13.2. The van der Waals surface area contributed by atoms with E-state index >= 15 is 0 Å². The summed E-state index contributed by atoms with van der Waals surface area (Å²) in [4.78, 5) is 33.8. The highest BCUT2D eigenvalue weighted by Gasteiger charge is 2.12. The highest BCUT2D eigenvalue weighted by Crippen LogP contribution is 2.36. The lowest BCUT2D eigenvalue weighted by Gasteiger charge is -2.06. The van der Waals surface area contributed by atoms with E-state index in [0.717, 1.165) is 38.5 Å². The van der Waals surface area contributed by atoms with Crippen LogP contribution in [0.3, 0.4) is 0 Å². The average Bonchev–Trinajstić information content (AvgIpc) is 2.27. The second-order valence-corrected chi connectivity index (χ2v) is 6.95. The van der Waals surface area contributed by atoms with Crippen LogP contribution in [0.25, 0.3) is 0 Å². The summed E-state index contributed by atoms with van der Waals surface area (Å²) >= 11 is 0. The monoisotopic (exact) mass is 334 g/mol. The normalized spacial score (nSPS) is 12.8. The molecule has 0 radical (unpaired) electrons. The molecule has 0 aliphatic heterocycles. The Labute approximate surface area is 119 Å². The summed E-state index contributed by atoms with van der Waals surface area (Å²) in [5, 5.41) is 0. The van der Waals surface area contributed by atoms with Crippen LogP contribution in [0.15, 0.2) is 0 Å². The molecular formula is C10H24O8P2. The molecule has 8 nitrogen and oxygen atoms in total. The predicted octanol–water partition coefficient (Wildman–Crippen LogP) is 2.33. The smallest absolute Gasteiger partial charge is 0.303 e. The van der Waals surface area contributed by atoms with Gasteiger partial charge < -0.3 is 19.6 Å². The molecule has 4 N–H and O–H groups in total. The fourth-order valence-corrected chi connectivity index (χ4v) is 2.37. The summed E-state index contributed by atoms with van der Waals surface area (Å²) in [6.07, 6.45) is 6.97. The highest BCUT2D eigenvalue weighted by atomic mass is 31.2. The molecule has 0 saturated heterocycles. The SMILES string of the molecule is O=P(O)(O)OCCCCCCCCCCOP(=O)(O)O. The highest BCUT2D eigenvalue weighted by molar-refractivity contribution is 7.46. The topological polar surface area (TPSA) is 134 Å². The maximum atomic E-state index is 10.4. The van der Waals surface area contributed by atoms with Gasteiger partial charge in [0.15, 0.2) is 0 Å². The van der Waals surface area contributed by atoms with E-state index in [9.17, 15) is 9.13 Å². The van der Waals surface area contributed by atoms with Crippen molar-refractivity contribution in [3.63, 3.8) is 0 Å². The van der Waals surface area contributed by atoms with E-state index in [4.69, 9.17) is 19.6 Å². The van der Waals surface area contributed by atoms with E-state index in [1.54, 1.807) is 0 Å². The minimum Gasteiger partial charge on any atom is -0.303 e. The third kappa shape index (κ3) is 18.2. The van der Waals surface area contributed by atoms with Crippen molar-refractivity contribution in [2.75, 3.05) is 13.2 Å². The molecule has 0 bridgehead atoms. The molecule has 122 valence electrons. The van der Waals surface area contributed by atoms with Crippen LogP contribution in [0, 0.1) is 0 Å². The van der Waals surface area contributed by atoms with Crippen LogP contribution in [-0.2, 0) is 18.2 Å². The molecule has 0 unspecified atom stereocenters. The lowest BCUT2D eigenvalue weighted by molar-refractivity contribution is 0.191. The lowest BCUT2D eigenvalue weighted by atomic mass is 10.1. The third-order valence-corrected chi connectivity index (χ3v) is 3.60. The fourth-order valence-electron chi connectivity index (χ4n) is 1.63. The van der Waals surface area contributed by atoms with Crippen LogP contribution in [0.4, 0.5) is 0 Å². The van der Waals surface area contributed by atoms with Crippen molar-refractivity contribution >= 4 is 15.6 Å². The zero-order chi connectivity index (χ0) is 15.5. The molecule has 0 rings (SSSR count). The Kier molecular flexibility index (Phi) is 11.0. The first kappa shape index (κ1) is 20.2. The Morgan fingerprint density at radius 2 is 0.800 bits per heavy atom. The molecule has 10 heteroatoms. The molecular weight excluding hydrogens is 310 g/mol. The molecule has 0 aliphatic rings. The van der Waals surface area contributed by atoms with Gasteiger partial charge in [0.2, 0.25) is 0 Å². The van der Waals surface area contributed by atoms with Crippen molar-refractivity contribution in [2.45, 2.75) is 51.4 Å². The predicted molar refractivity (Wildman–Crippen MR) is 72.9 cm³/mol. The Morgan fingerprint density at radius 3 is 1.05 bits per heavy atom. The van der Waals surface area contributed by atoms with Crippen molar-refractivity contribution in [2.24, 2.45) is 0 Å². The van der Waals surface area contributed by atoms with Gasteiger partial charge in [0, 0.05) is 0 Å². The molecule has 0 atom stereocenters. The van der Waals surface area contributed by atoms with Gasteiger partial charge in [0.25, 0.3) is 0 Å². The van der Waals surface area contributed by atoms with Gasteiger partial charge in [0.05, 0.1) is 13.2 Å². The fraction of sp³-hybridized carbons (Fsp3) is 1.00. The summed E-state index contributed by atoms with van der Waals surface area (Å²) in [5.74, 6) is 0. The van der Waals surface area contributed by atoms with E-state index < -0.39 is 15.6 Å². The third-order valence-electron chi connectivity index (χ3n) is 2.56. The van der Waals surface area contributed by atoms with E-state index in [1.165, 1.54) is 0 Å². The number of unbranched alkanes of at least 4 members (excludes halogenated alkanes) is 7. The van der Waals surface area contributed by atoms with Crippen LogP contribution in [0.5, 0.6) is 0 Å². The standard InChI is InChI=1S/C10H24O8P2/c11-19(12,13)17-9-7-5-3-1-2-4-6-8-10-18-20(14,15)16/h1-10H2,(H2,11,12,13)(H2,14,15,16). The van der Waals surface area contributed by atoms with E-state index in [-0.39, 0.29) is 13.2 Å². The van der Waals surface area contributed by atoms with Crippen LogP contribution < -0.4 is 0 Å². The van der Waals surface area contributed by atoms with Gasteiger partial charge in [-0.2, -0.15) is 0 Å². The maximum Gasteiger partial charge on any atom is 0.469 e. The first-order chi connectivity index (χ1) is 9.21. The molecule has 0 heterocycles. The Hall–Kier alpha value is 0.220. The summed E-state index contributed by atoms with van der Waals surface area (Å²) in [6, 6.07) is 0. The quantitative estimate of drug-likeness (QED) is 0.298. The number of phosphoric acid groups is 2. The van der Waals surface area contributed by atoms with Crippen molar-refractivity contribution < 1.29 is 37.8 Å². The number of hydrogen-bond donors (Lipinski definition) is 4. The van der Waals surface area contributed by atoms with Crippen LogP contribution in [0.2, 0.25) is 0 Å². The summed E-state index contributed by atoms with van der Waals surface area (Å²) < 4.78 is 29.4. The molecule has 0 fully saturated rings. The number of rotatable bonds is 13. The summed E-state index contributed by atoms with van der Waals surface area (Å²) in [6.45, 7) is 0.147. The second kappa shape index (κ2) is 10.9. The molecule has 0 saturated carbocycles. The average molecular weight is 334 g/mol. The van der Waals surface area contributed by atoms with Gasteiger partial charge in [-0.05, 0) is 12.8 Å². The van der Waals surface area contributed by atoms with Gasteiger partial charge in [-0.25, -0.2) is 9.13 Å². The van der Waals surface area contributed by atoms with Crippen molar-refractivity contribution in [3.8, 4) is 0 Å². The van der Waals surface area contributed by atoms with E-state index in [0.29, 0.717) is 12.8 Å². The molecule has 0 spiro atoms.